The summed E-state index contributed by atoms with van der Waals surface area (Å²) in [7, 11) is -3.75. The first-order valence-corrected chi connectivity index (χ1v) is 14.4. The summed E-state index contributed by atoms with van der Waals surface area (Å²) in [5.74, 6) is -2.06. The monoisotopic (exact) mass is 516 g/mol. The maximum absolute atomic E-state index is 12.5. The Kier molecular flexibility index (Phi) is 15.9. The van der Waals surface area contributed by atoms with E-state index in [-0.39, 0.29) is 15.6 Å². The Hall–Kier alpha value is -1.64. The van der Waals surface area contributed by atoms with Gasteiger partial charge in [0.15, 0.2) is 0 Å². The third kappa shape index (κ3) is 13.9. The highest BCUT2D eigenvalue weighted by molar-refractivity contribution is 7.89. The van der Waals surface area contributed by atoms with Gasteiger partial charge in [-0.3, -0.25) is 9.59 Å². The number of benzene rings is 1. The molecule has 194 valence electrons. The number of carboxylic acid groups (broad SMARTS) is 1. The molecule has 0 unspecified atom stereocenters. The zero-order valence-electron chi connectivity index (χ0n) is 20.4. The molecule has 1 aromatic rings. The third-order valence-corrected chi connectivity index (χ3v) is 7.44. The van der Waals surface area contributed by atoms with Gasteiger partial charge in [-0.05, 0) is 24.6 Å². The molecule has 0 aliphatic carbocycles. The highest BCUT2D eigenvalue weighted by Crippen LogP contribution is 2.25. The Balaban J connectivity index is 2.20. The average molecular weight is 517 g/mol. The summed E-state index contributed by atoms with van der Waals surface area (Å²) < 4.78 is 27.6. The summed E-state index contributed by atoms with van der Waals surface area (Å²) in [4.78, 5) is 22.2. The van der Waals surface area contributed by atoms with Gasteiger partial charge in [-0.15, -0.1) is 0 Å². The Bertz CT molecular complexity index is 846. The number of carboxylic acids is 1. The first-order valence-electron chi connectivity index (χ1n) is 12.6. The van der Waals surface area contributed by atoms with Gasteiger partial charge < -0.3 is 10.4 Å². The second-order valence-electron chi connectivity index (χ2n) is 8.75. The molecule has 0 aliphatic heterocycles. The van der Waals surface area contributed by atoms with Crippen molar-refractivity contribution in [2.75, 3.05) is 11.9 Å². The van der Waals surface area contributed by atoms with Gasteiger partial charge in [-0.1, -0.05) is 102 Å². The van der Waals surface area contributed by atoms with Crippen molar-refractivity contribution in [2.45, 2.75) is 108 Å². The van der Waals surface area contributed by atoms with Gasteiger partial charge in [0.1, 0.15) is 6.42 Å². The van der Waals surface area contributed by atoms with E-state index in [9.17, 15) is 18.0 Å². The van der Waals surface area contributed by atoms with Crippen molar-refractivity contribution in [1.82, 2.24) is 4.72 Å². The number of rotatable bonds is 20. The third-order valence-electron chi connectivity index (χ3n) is 5.66. The SMILES string of the molecule is CCCCCCCCCCCCCCCCNS(=O)(=O)c1ccc(Cl)c(NC(=O)CC(=O)O)c1. The van der Waals surface area contributed by atoms with Crippen LogP contribution in [0.3, 0.4) is 0 Å². The molecule has 0 atom stereocenters. The number of hydrogen-bond donors (Lipinski definition) is 3. The van der Waals surface area contributed by atoms with Crippen LogP contribution in [0.2, 0.25) is 5.02 Å². The molecule has 34 heavy (non-hydrogen) atoms. The number of carbonyl (C=O) groups excluding carboxylic acids is 1. The highest BCUT2D eigenvalue weighted by atomic mass is 35.5. The average Bonchev–Trinajstić information content (AvgIpc) is 2.77. The molecule has 0 saturated heterocycles. The molecule has 0 saturated carbocycles. The van der Waals surface area contributed by atoms with E-state index in [1.807, 2.05) is 0 Å². The molecule has 3 N–H and O–H groups in total. The summed E-state index contributed by atoms with van der Waals surface area (Å²) in [5.41, 5.74) is 0.0623. The van der Waals surface area contributed by atoms with Crippen LogP contribution in [0.25, 0.3) is 0 Å². The minimum atomic E-state index is -3.75. The van der Waals surface area contributed by atoms with E-state index in [1.54, 1.807) is 0 Å². The maximum Gasteiger partial charge on any atom is 0.312 e. The topological polar surface area (TPSA) is 113 Å². The van der Waals surface area contributed by atoms with Crippen molar-refractivity contribution in [3.63, 3.8) is 0 Å². The fourth-order valence-corrected chi connectivity index (χ4v) is 4.97. The van der Waals surface area contributed by atoms with Crippen molar-refractivity contribution >= 4 is 39.2 Å². The van der Waals surface area contributed by atoms with Crippen LogP contribution in [0.1, 0.15) is 103 Å². The molecule has 0 fully saturated rings. The summed E-state index contributed by atoms with van der Waals surface area (Å²) >= 11 is 6.00. The van der Waals surface area contributed by atoms with E-state index in [1.165, 1.54) is 88.8 Å². The predicted octanol–water partition coefficient (Wildman–Crippen LogP) is 6.51. The Morgan fingerprint density at radius 3 is 1.85 bits per heavy atom. The Labute approximate surface area is 210 Å². The van der Waals surface area contributed by atoms with Gasteiger partial charge in [0.05, 0.1) is 15.6 Å². The molecule has 0 heterocycles. The molecular weight excluding hydrogens is 476 g/mol. The first kappa shape index (κ1) is 30.4. The molecule has 7 nitrogen and oxygen atoms in total. The lowest BCUT2D eigenvalue weighted by atomic mass is 10.0. The molecule has 0 spiro atoms. The summed E-state index contributed by atoms with van der Waals surface area (Å²) in [5, 5.41) is 11.1. The Morgan fingerprint density at radius 1 is 0.853 bits per heavy atom. The van der Waals surface area contributed by atoms with Crippen LogP contribution in [0, 0.1) is 0 Å². The maximum atomic E-state index is 12.5. The number of sulfonamides is 1. The molecule has 1 rings (SSSR count). The molecule has 9 heteroatoms. The van der Waals surface area contributed by atoms with Crippen LogP contribution in [0.4, 0.5) is 5.69 Å². The van der Waals surface area contributed by atoms with E-state index in [4.69, 9.17) is 16.7 Å². The molecule has 1 aromatic carbocycles. The molecule has 0 aromatic heterocycles. The number of halogens is 1. The number of anilines is 1. The van der Waals surface area contributed by atoms with Gasteiger partial charge in [0.25, 0.3) is 0 Å². The van der Waals surface area contributed by atoms with Gasteiger partial charge in [-0.25, -0.2) is 13.1 Å². The zero-order valence-corrected chi connectivity index (χ0v) is 22.0. The van der Waals surface area contributed by atoms with Crippen molar-refractivity contribution in [3.8, 4) is 0 Å². The summed E-state index contributed by atoms with van der Waals surface area (Å²) in [6.45, 7) is 2.58. The smallest absolute Gasteiger partial charge is 0.312 e. The second-order valence-corrected chi connectivity index (χ2v) is 10.9. The van der Waals surface area contributed by atoms with Crippen molar-refractivity contribution in [1.29, 1.82) is 0 Å². The minimum Gasteiger partial charge on any atom is -0.481 e. The molecule has 0 bridgehead atoms. The van der Waals surface area contributed by atoms with E-state index >= 15 is 0 Å². The van der Waals surface area contributed by atoms with E-state index in [0.29, 0.717) is 6.54 Å². The summed E-state index contributed by atoms with van der Waals surface area (Å²) in [6.07, 6.45) is 16.6. The van der Waals surface area contributed by atoms with Gasteiger partial charge in [0.2, 0.25) is 15.9 Å². The number of aliphatic carboxylic acids is 1. The molecule has 1 amide bonds. The van der Waals surface area contributed by atoms with Crippen LogP contribution in [-0.2, 0) is 19.6 Å². The van der Waals surface area contributed by atoms with Gasteiger partial charge in [-0.2, -0.15) is 0 Å². The molecule has 0 radical (unpaired) electrons. The lowest BCUT2D eigenvalue weighted by molar-refractivity contribution is -0.139. The second kappa shape index (κ2) is 17.7. The van der Waals surface area contributed by atoms with Gasteiger partial charge >= 0.3 is 5.97 Å². The molecular formula is C25H41ClN2O5S. The lowest BCUT2D eigenvalue weighted by Gasteiger charge is -2.11. The van der Waals surface area contributed by atoms with E-state index in [2.05, 4.69) is 17.0 Å². The number of carbonyl (C=O) groups is 2. The van der Waals surface area contributed by atoms with Crippen LogP contribution in [-0.4, -0.2) is 31.9 Å². The van der Waals surface area contributed by atoms with Crippen LogP contribution >= 0.6 is 11.6 Å². The predicted molar refractivity (Wildman–Crippen MR) is 138 cm³/mol. The van der Waals surface area contributed by atoms with Gasteiger partial charge in [0, 0.05) is 6.54 Å². The summed E-state index contributed by atoms with van der Waals surface area (Å²) in [6, 6.07) is 3.94. The van der Waals surface area contributed by atoms with Crippen LogP contribution in [0.15, 0.2) is 23.1 Å². The number of nitrogens with one attached hydrogen (secondary N) is 2. The lowest BCUT2D eigenvalue weighted by Crippen LogP contribution is -2.25. The van der Waals surface area contributed by atoms with Crippen molar-refractivity contribution in [2.24, 2.45) is 0 Å². The molecule has 0 aliphatic rings. The number of hydrogen-bond acceptors (Lipinski definition) is 4. The first-order chi connectivity index (χ1) is 16.3. The largest absolute Gasteiger partial charge is 0.481 e. The fourth-order valence-electron chi connectivity index (χ4n) is 3.71. The Morgan fingerprint density at radius 2 is 1.35 bits per heavy atom. The number of amides is 1. The fraction of sp³-hybridized carbons (Fsp3) is 0.680. The zero-order chi connectivity index (χ0) is 25.2. The van der Waals surface area contributed by atoms with Crippen LogP contribution in [0.5, 0.6) is 0 Å². The van der Waals surface area contributed by atoms with E-state index in [0.717, 1.165) is 19.3 Å². The normalized spacial score (nSPS) is 11.5. The van der Waals surface area contributed by atoms with E-state index < -0.39 is 28.3 Å². The quantitative estimate of drug-likeness (QED) is 0.135. The van der Waals surface area contributed by atoms with Crippen LogP contribution < -0.4 is 10.0 Å². The van der Waals surface area contributed by atoms with Crippen molar-refractivity contribution < 1.29 is 23.1 Å². The minimum absolute atomic E-state index is 0.0344. The standard InChI is InChI=1S/C25H41ClN2O5S/c1-2-3-4-5-6-7-8-9-10-11-12-13-14-15-18-27-34(32,33)21-16-17-22(26)23(19-21)28-24(29)20-25(30)31/h16-17,19,27H,2-15,18,20H2,1H3,(H,28,29)(H,30,31). The number of unbranched alkanes of at least 4 members (excludes halogenated alkanes) is 13. The highest BCUT2D eigenvalue weighted by Gasteiger charge is 2.17. The van der Waals surface area contributed by atoms with Crippen molar-refractivity contribution in [3.05, 3.63) is 23.2 Å².